The molecule has 1 aliphatic carbocycles. The standard InChI is InChI=1S/C12H17N3O4/c13-6-10(14-19)12(18)15(8-11(16)17)7-9-4-2-1-3-5-9/h9,19H,1-5,7-8H2,(H,16,17). The monoisotopic (exact) mass is 267 g/mol. The first-order valence-electron chi connectivity index (χ1n) is 6.21. The van der Waals surface area contributed by atoms with E-state index in [1.165, 1.54) is 6.07 Å². The van der Waals surface area contributed by atoms with Crippen LogP contribution in [0.4, 0.5) is 0 Å². The molecule has 1 amide bonds. The van der Waals surface area contributed by atoms with Gasteiger partial charge in [-0.05, 0) is 18.8 Å². The molecule has 1 aliphatic rings. The first-order valence-corrected chi connectivity index (χ1v) is 6.21. The lowest BCUT2D eigenvalue weighted by molar-refractivity contribution is -0.142. The van der Waals surface area contributed by atoms with E-state index in [1.54, 1.807) is 0 Å². The van der Waals surface area contributed by atoms with Crippen LogP contribution in [0.2, 0.25) is 0 Å². The number of aliphatic carboxylic acids is 1. The molecular formula is C12H17N3O4. The smallest absolute Gasteiger partial charge is 0.323 e. The predicted octanol–water partition coefficient (Wildman–Crippen LogP) is 0.834. The Morgan fingerprint density at radius 2 is 1.95 bits per heavy atom. The molecule has 0 heterocycles. The summed E-state index contributed by atoms with van der Waals surface area (Å²) in [6.45, 7) is -0.206. The molecule has 1 saturated carbocycles. The fourth-order valence-electron chi connectivity index (χ4n) is 2.33. The van der Waals surface area contributed by atoms with E-state index in [0.29, 0.717) is 0 Å². The van der Waals surface area contributed by atoms with Crippen molar-refractivity contribution in [1.82, 2.24) is 4.90 Å². The number of rotatable bonds is 5. The Bertz CT molecular complexity index is 408. The zero-order valence-corrected chi connectivity index (χ0v) is 10.6. The summed E-state index contributed by atoms with van der Waals surface area (Å²) in [4.78, 5) is 23.7. The van der Waals surface area contributed by atoms with E-state index in [0.717, 1.165) is 37.0 Å². The van der Waals surface area contributed by atoms with Crippen LogP contribution in [0.15, 0.2) is 5.16 Å². The Kier molecular flexibility index (Phi) is 5.79. The molecule has 0 aromatic rings. The fraction of sp³-hybridized carbons (Fsp3) is 0.667. The Balaban J connectivity index is 2.73. The molecular weight excluding hydrogens is 250 g/mol. The van der Waals surface area contributed by atoms with Gasteiger partial charge in [0.05, 0.1) is 0 Å². The molecule has 0 aromatic carbocycles. The Morgan fingerprint density at radius 1 is 1.32 bits per heavy atom. The van der Waals surface area contributed by atoms with Gasteiger partial charge < -0.3 is 15.2 Å². The quantitative estimate of drug-likeness (QED) is 0.435. The maximum atomic E-state index is 11.9. The third kappa shape index (κ3) is 4.58. The fourth-order valence-corrected chi connectivity index (χ4v) is 2.33. The summed E-state index contributed by atoms with van der Waals surface area (Å²) < 4.78 is 0. The Labute approximate surface area is 111 Å². The van der Waals surface area contributed by atoms with E-state index in [2.05, 4.69) is 5.16 Å². The highest BCUT2D eigenvalue weighted by Crippen LogP contribution is 2.24. The van der Waals surface area contributed by atoms with E-state index in [-0.39, 0.29) is 12.5 Å². The number of carboxylic acids is 1. The molecule has 1 fully saturated rings. The zero-order chi connectivity index (χ0) is 14.3. The first-order chi connectivity index (χ1) is 9.08. The molecule has 104 valence electrons. The summed E-state index contributed by atoms with van der Waals surface area (Å²) in [5, 5.41) is 28.6. The van der Waals surface area contributed by atoms with Gasteiger partial charge in [0.1, 0.15) is 12.6 Å². The van der Waals surface area contributed by atoms with Gasteiger partial charge in [0, 0.05) is 6.54 Å². The van der Waals surface area contributed by atoms with Gasteiger partial charge in [-0.15, -0.1) is 0 Å². The number of carbonyl (C=O) groups excluding carboxylic acids is 1. The van der Waals surface area contributed by atoms with E-state index in [1.807, 2.05) is 0 Å². The summed E-state index contributed by atoms with van der Waals surface area (Å²) in [7, 11) is 0. The lowest BCUT2D eigenvalue weighted by Gasteiger charge is -2.28. The van der Waals surface area contributed by atoms with Crippen molar-refractivity contribution in [2.75, 3.05) is 13.1 Å². The normalized spacial score (nSPS) is 16.7. The topological polar surface area (TPSA) is 114 Å². The van der Waals surface area contributed by atoms with Gasteiger partial charge in [0.2, 0.25) is 5.71 Å². The van der Waals surface area contributed by atoms with Crippen LogP contribution in [0, 0.1) is 17.2 Å². The van der Waals surface area contributed by atoms with E-state index in [9.17, 15) is 9.59 Å². The summed E-state index contributed by atoms with van der Waals surface area (Å²) in [5.74, 6) is -1.74. The van der Waals surface area contributed by atoms with Crippen molar-refractivity contribution in [2.24, 2.45) is 11.1 Å². The van der Waals surface area contributed by atoms with Gasteiger partial charge in [0.25, 0.3) is 5.91 Å². The van der Waals surface area contributed by atoms with E-state index in [4.69, 9.17) is 15.6 Å². The van der Waals surface area contributed by atoms with Gasteiger partial charge in [-0.3, -0.25) is 9.59 Å². The third-order valence-electron chi connectivity index (χ3n) is 3.23. The molecule has 19 heavy (non-hydrogen) atoms. The number of nitrogens with zero attached hydrogens (tertiary/aromatic N) is 3. The van der Waals surface area contributed by atoms with Crippen LogP contribution in [0.25, 0.3) is 0 Å². The number of oxime groups is 1. The van der Waals surface area contributed by atoms with Crippen LogP contribution < -0.4 is 0 Å². The Hall–Kier alpha value is -2.10. The van der Waals surface area contributed by atoms with Crippen molar-refractivity contribution in [3.8, 4) is 6.07 Å². The summed E-state index contributed by atoms with van der Waals surface area (Å²) in [6.07, 6.45) is 5.19. The number of nitriles is 1. The molecule has 0 unspecified atom stereocenters. The summed E-state index contributed by atoms with van der Waals surface area (Å²) in [6, 6.07) is 1.46. The summed E-state index contributed by atoms with van der Waals surface area (Å²) in [5.41, 5.74) is -0.683. The lowest BCUT2D eigenvalue weighted by atomic mass is 9.89. The minimum atomic E-state index is -1.15. The minimum Gasteiger partial charge on any atom is -0.480 e. The van der Waals surface area contributed by atoms with Crippen LogP contribution in [0.1, 0.15) is 32.1 Å². The maximum absolute atomic E-state index is 11.9. The van der Waals surface area contributed by atoms with Crippen molar-refractivity contribution < 1.29 is 19.9 Å². The largest absolute Gasteiger partial charge is 0.480 e. The molecule has 0 aliphatic heterocycles. The molecule has 0 atom stereocenters. The van der Waals surface area contributed by atoms with Crippen molar-refractivity contribution in [3.63, 3.8) is 0 Å². The van der Waals surface area contributed by atoms with Crippen LogP contribution in [0.3, 0.4) is 0 Å². The van der Waals surface area contributed by atoms with Gasteiger partial charge in [-0.2, -0.15) is 5.26 Å². The molecule has 0 aromatic heterocycles. The molecule has 0 radical (unpaired) electrons. The predicted molar refractivity (Wildman–Crippen MR) is 65.6 cm³/mol. The number of amides is 1. The van der Waals surface area contributed by atoms with Crippen molar-refractivity contribution in [2.45, 2.75) is 32.1 Å². The van der Waals surface area contributed by atoms with Crippen LogP contribution in [0.5, 0.6) is 0 Å². The van der Waals surface area contributed by atoms with Gasteiger partial charge in [-0.25, -0.2) is 0 Å². The number of hydrogen-bond acceptors (Lipinski definition) is 5. The zero-order valence-electron chi connectivity index (χ0n) is 10.6. The SMILES string of the molecule is N#CC(=NO)C(=O)N(CC(=O)O)CC1CCCCC1. The molecule has 0 spiro atoms. The number of hydrogen-bond donors (Lipinski definition) is 2. The number of carbonyl (C=O) groups is 2. The lowest BCUT2D eigenvalue weighted by Crippen LogP contribution is -2.42. The first kappa shape index (κ1) is 15.0. The van der Waals surface area contributed by atoms with E-state index < -0.39 is 24.1 Å². The third-order valence-corrected chi connectivity index (χ3v) is 3.23. The molecule has 1 rings (SSSR count). The average Bonchev–Trinajstić information content (AvgIpc) is 2.40. The molecule has 0 bridgehead atoms. The maximum Gasteiger partial charge on any atom is 0.323 e. The highest BCUT2D eigenvalue weighted by molar-refractivity contribution is 6.45. The number of carboxylic acid groups (broad SMARTS) is 1. The highest BCUT2D eigenvalue weighted by atomic mass is 16.4. The van der Waals surface area contributed by atoms with Crippen molar-refractivity contribution >= 4 is 17.6 Å². The van der Waals surface area contributed by atoms with Gasteiger partial charge >= 0.3 is 5.97 Å². The second-order valence-electron chi connectivity index (χ2n) is 4.64. The minimum absolute atomic E-state index is 0.246. The average molecular weight is 267 g/mol. The van der Waals surface area contributed by atoms with Gasteiger partial charge in [0.15, 0.2) is 0 Å². The second-order valence-corrected chi connectivity index (χ2v) is 4.64. The molecule has 2 N–H and O–H groups in total. The Morgan fingerprint density at radius 3 is 2.42 bits per heavy atom. The highest BCUT2D eigenvalue weighted by Gasteiger charge is 2.26. The van der Waals surface area contributed by atoms with Crippen LogP contribution in [-0.4, -0.2) is 45.9 Å². The molecule has 7 nitrogen and oxygen atoms in total. The summed E-state index contributed by atoms with van der Waals surface area (Å²) >= 11 is 0. The van der Waals surface area contributed by atoms with Crippen LogP contribution in [-0.2, 0) is 9.59 Å². The molecule has 0 saturated heterocycles. The second kappa shape index (κ2) is 7.36. The van der Waals surface area contributed by atoms with E-state index >= 15 is 0 Å². The molecule has 7 heteroatoms. The van der Waals surface area contributed by atoms with Gasteiger partial charge in [-0.1, -0.05) is 24.4 Å². The van der Waals surface area contributed by atoms with Crippen molar-refractivity contribution in [3.05, 3.63) is 0 Å². The van der Waals surface area contributed by atoms with Crippen LogP contribution >= 0.6 is 0 Å². The van der Waals surface area contributed by atoms with Crippen molar-refractivity contribution in [1.29, 1.82) is 5.26 Å².